The maximum absolute atomic E-state index is 12.4. The van der Waals surface area contributed by atoms with E-state index in [1.165, 1.54) is 42.5 Å². The van der Waals surface area contributed by atoms with Crippen LogP contribution in [0.15, 0.2) is 53.4 Å². The Morgan fingerprint density at radius 1 is 1.08 bits per heavy atom. The van der Waals surface area contributed by atoms with E-state index in [4.69, 9.17) is 0 Å². The minimum absolute atomic E-state index is 0.0352. The normalized spacial score (nSPS) is 15.6. The molecule has 1 aliphatic heterocycles. The minimum Gasteiger partial charge on any atom is -0.292 e. The molecule has 1 aliphatic rings. The van der Waals surface area contributed by atoms with Crippen molar-refractivity contribution in [1.29, 1.82) is 0 Å². The van der Waals surface area contributed by atoms with Gasteiger partial charge < -0.3 is 0 Å². The Balaban J connectivity index is 1.82. The molecule has 0 radical (unpaired) electrons. The van der Waals surface area contributed by atoms with Gasteiger partial charge in [0.15, 0.2) is 5.78 Å². The number of hydrogen-bond donors (Lipinski definition) is 1. The van der Waals surface area contributed by atoms with Gasteiger partial charge in [-0.05, 0) is 36.4 Å². The van der Waals surface area contributed by atoms with Crippen molar-refractivity contribution in [3.8, 4) is 0 Å². The lowest BCUT2D eigenvalue weighted by Crippen LogP contribution is -2.35. The summed E-state index contributed by atoms with van der Waals surface area (Å²) in [6.07, 6.45) is 0.994. The number of carbonyl (C=O) groups excluding carboxylic acids is 2. The van der Waals surface area contributed by atoms with E-state index in [9.17, 15) is 26.4 Å². The van der Waals surface area contributed by atoms with E-state index in [0.29, 0.717) is 4.31 Å². The molecule has 26 heavy (non-hydrogen) atoms. The maximum atomic E-state index is 12.4. The fourth-order valence-electron chi connectivity index (χ4n) is 2.55. The fraction of sp³-hybridized carbons (Fsp3) is 0.125. The molecule has 0 bridgehead atoms. The zero-order valence-electron chi connectivity index (χ0n) is 13.5. The lowest BCUT2D eigenvalue weighted by Gasteiger charge is -2.14. The van der Waals surface area contributed by atoms with Gasteiger partial charge in [0.1, 0.15) is 11.4 Å². The van der Waals surface area contributed by atoms with Gasteiger partial charge in [-0.1, -0.05) is 12.1 Å². The van der Waals surface area contributed by atoms with Crippen LogP contribution in [0.25, 0.3) is 0 Å². The third-order valence-corrected chi connectivity index (χ3v) is 6.10. The number of benzene rings is 2. The molecule has 0 spiro atoms. The molecule has 0 saturated heterocycles. The fourth-order valence-corrected chi connectivity index (χ4v) is 4.64. The second-order valence-corrected chi connectivity index (χ2v) is 9.27. The van der Waals surface area contributed by atoms with Gasteiger partial charge >= 0.3 is 0 Å². The van der Waals surface area contributed by atoms with Crippen molar-refractivity contribution in [2.24, 2.45) is 0 Å². The van der Waals surface area contributed by atoms with E-state index in [1.807, 2.05) is 0 Å². The summed E-state index contributed by atoms with van der Waals surface area (Å²) in [7, 11) is -7.51. The first kappa shape index (κ1) is 18.1. The Hall–Kier alpha value is -2.72. The van der Waals surface area contributed by atoms with Crippen LogP contribution in [0.3, 0.4) is 0 Å². The van der Waals surface area contributed by atoms with Crippen molar-refractivity contribution in [2.45, 2.75) is 4.90 Å². The van der Waals surface area contributed by atoms with Crippen LogP contribution < -0.4 is 4.72 Å². The lowest BCUT2D eigenvalue weighted by molar-refractivity contribution is 0.0820. The monoisotopic (exact) mass is 394 g/mol. The highest BCUT2D eigenvalue weighted by Crippen LogP contribution is 2.30. The largest absolute Gasteiger partial charge is 0.292 e. The molecule has 0 atom stereocenters. The van der Waals surface area contributed by atoms with Crippen molar-refractivity contribution < 1.29 is 26.4 Å². The summed E-state index contributed by atoms with van der Waals surface area (Å²) in [6.45, 7) is -0.630. The molecule has 136 valence electrons. The second kappa shape index (κ2) is 6.22. The third-order valence-electron chi connectivity index (χ3n) is 3.71. The Labute approximate surface area is 150 Å². The van der Waals surface area contributed by atoms with E-state index in [1.54, 1.807) is 6.07 Å². The molecule has 2 aromatic rings. The minimum atomic E-state index is -4.06. The molecule has 0 aromatic heterocycles. The molecule has 2 aromatic carbocycles. The lowest BCUT2D eigenvalue weighted by atomic mass is 10.1. The highest BCUT2D eigenvalue weighted by Gasteiger charge is 2.41. The predicted octanol–water partition coefficient (Wildman–Crippen LogP) is 1.09. The van der Waals surface area contributed by atoms with Gasteiger partial charge in [0, 0.05) is 11.3 Å². The summed E-state index contributed by atoms with van der Waals surface area (Å²) < 4.78 is 50.0. The Kier molecular flexibility index (Phi) is 4.32. The van der Waals surface area contributed by atoms with Crippen LogP contribution >= 0.6 is 0 Å². The Bertz CT molecular complexity index is 1110. The molecule has 3 rings (SSSR count). The Morgan fingerprint density at radius 3 is 2.27 bits per heavy atom. The molecule has 0 saturated carbocycles. The van der Waals surface area contributed by atoms with E-state index in [2.05, 4.69) is 4.72 Å². The number of anilines is 1. The van der Waals surface area contributed by atoms with Gasteiger partial charge in [0.05, 0.1) is 11.8 Å². The number of amides is 1. The number of Topliss-reactive ketones (excluding diaryl/α,β-unsaturated/α-hetero) is 1. The number of nitrogens with one attached hydrogen (secondary N) is 1. The third kappa shape index (κ3) is 3.33. The molecule has 0 aliphatic carbocycles. The summed E-state index contributed by atoms with van der Waals surface area (Å²) in [5.41, 5.74) is 0.456. The molecular weight excluding hydrogens is 380 g/mol. The standard InChI is InChI=1S/C16H14N2O6S2/c1-25(21,22)17-12-8-6-11(7-9-12)14(19)10-18-16(20)13-4-2-3-5-15(13)26(18,23)24/h2-9,17H,10H2,1H3. The van der Waals surface area contributed by atoms with Gasteiger partial charge in [-0.2, -0.15) is 0 Å². The van der Waals surface area contributed by atoms with Crippen molar-refractivity contribution in [1.82, 2.24) is 4.31 Å². The maximum Gasteiger partial charge on any atom is 0.269 e. The molecule has 8 nitrogen and oxygen atoms in total. The zero-order valence-corrected chi connectivity index (χ0v) is 15.2. The molecule has 1 heterocycles. The van der Waals surface area contributed by atoms with E-state index in [-0.39, 0.29) is 21.7 Å². The van der Waals surface area contributed by atoms with Crippen molar-refractivity contribution in [2.75, 3.05) is 17.5 Å². The number of fused-ring (bicyclic) bond motifs is 1. The summed E-state index contributed by atoms with van der Waals surface area (Å²) in [6, 6.07) is 11.2. The number of ketones is 1. The number of sulfonamides is 2. The van der Waals surface area contributed by atoms with Gasteiger partial charge in [0.25, 0.3) is 15.9 Å². The zero-order chi connectivity index (χ0) is 19.1. The van der Waals surface area contributed by atoms with Crippen LogP contribution in [0.1, 0.15) is 20.7 Å². The molecular formula is C16H14N2O6S2. The van der Waals surface area contributed by atoms with Crippen molar-refractivity contribution in [3.05, 3.63) is 59.7 Å². The van der Waals surface area contributed by atoms with Crippen LogP contribution in [0.5, 0.6) is 0 Å². The predicted molar refractivity (Wildman–Crippen MR) is 93.9 cm³/mol. The van der Waals surface area contributed by atoms with Gasteiger partial charge in [-0.3, -0.25) is 14.3 Å². The van der Waals surface area contributed by atoms with E-state index in [0.717, 1.165) is 6.26 Å². The number of rotatable bonds is 5. The highest BCUT2D eigenvalue weighted by atomic mass is 32.2. The average molecular weight is 394 g/mol. The summed E-state index contributed by atoms with van der Waals surface area (Å²) in [5, 5.41) is 0. The molecule has 1 N–H and O–H groups in total. The number of hydrogen-bond acceptors (Lipinski definition) is 6. The first-order valence-corrected chi connectivity index (χ1v) is 10.7. The van der Waals surface area contributed by atoms with Crippen molar-refractivity contribution in [3.63, 3.8) is 0 Å². The number of carbonyl (C=O) groups is 2. The summed E-state index contributed by atoms with van der Waals surface area (Å²) in [4.78, 5) is 24.6. The van der Waals surface area contributed by atoms with Crippen LogP contribution in [-0.2, 0) is 20.0 Å². The molecule has 10 heteroatoms. The smallest absolute Gasteiger partial charge is 0.269 e. The van der Waals surface area contributed by atoms with Gasteiger partial charge in [0.2, 0.25) is 10.0 Å². The highest BCUT2D eigenvalue weighted by molar-refractivity contribution is 7.92. The van der Waals surface area contributed by atoms with Crippen LogP contribution in [-0.4, -0.2) is 45.6 Å². The summed E-state index contributed by atoms with van der Waals surface area (Å²) in [5.74, 6) is -1.33. The first-order chi connectivity index (χ1) is 12.1. The Morgan fingerprint density at radius 2 is 1.69 bits per heavy atom. The van der Waals surface area contributed by atoms with Crippen LogP contribution in [0.2, 0.25) is 0 Å². The molecule has 1 amide bonds. The van der Waals surface area contributed by atoms with Gasteiger partial charge in [-0.15, -0.1) is 0 Å². The van der Waals surface area contributed by atoms with Crippen LogP contribution in [0, 0.1) is 0 Å². The van der Waals surface area contributed by atoms with E-state index < -0.39 is 38.3 Å². The average Bonchev–Trinajstić information content (AvgIpc) is 2.75. The second-order valence-electron chi connectivity index (χ2n) is 5.69. The first-order valence-electron chi connectivity index (χ1n) is 7.37. The topological polar surface area (TPSA) is 118 Å². The quantitative estimate of drug-likeness (QED) is 0.759. The van der Waals surface area contributed by atoms with Crippen LogP contribution in [0.4, 0.5) is 5.69 Å². The van der Waals surface area contributed by atoms with Gasteiger partial charge in [-0.25, -0.2) is 21.1 Å². The molecule has 0 fully saturated rings. The summed E-state index contributed by atoms with van der Waals surface area (Å²) >= 11 is 0. The van der Waals surface area contributed by atoms with E-state index >= 15 is 0 Å². The SMILES string of the molecule is CS(=O)(=O)Nc1ccc(C(=O)CN2C(=O)c3ccccc3S2(=O)=O)cc1. The molecule has 0 unspecified atom stereocenters. The van der Waals surface area contributed by atoms with Crippen molar-refractivity contribution >= 4 is 37.4 Å². The number of nitrogens with zero attached hydrogens (tertiary/aromatic N) is 1.